The smallest absolute Gasteiger partial charge is 0.383 e. The quantitative estimate of drug-likeness (QED) is 0.563. The van der Waals surface area contributed by atoms with Crippen LogP contribution in [0.4, 0.5) is 33.6 Å². The SMILES string of the molecule is CC1C(=O)Nc2nc(-c3nn(CCC(F)(F)C(F)(F)F)c4cc(Cl)ccc34)nc(N)c21. The van der Waals surface area contributed by atoms with Crippen LogP contribution >= 0.6 is 11.6 Å². The second-order valence-corrected chi connectivity index (χ2v) is 7.53. The first-order chi connectivity index (χ1) is 14.4. The van der Waals surface area contributed by atoms with Gasteiger partial charge in [-0.2, -0.15) is 27.1 Å². The van der Waals surface area contributed by atoms with Gasteiger partial charge in [-0.3, -0.25) is 9.48 Å². The highest BCUT2D eigenvalue weighted by Crippen LogP contribution is 2.40. The topological polar surface area (TPSA) is 98.7 Å². The van der Waals surface area contributed by atoms with Crippen molar-refractivity contribution in [3.05, 3.63) is 28.8 Å². The van der Waals surface area contributed by atoms with E-state index in [9.17, 15) is 26.7 Å². The zero-order valence-corrected chi connectivity index (χ0v) is 16.5. The molecule has 1 atom stereocenters. The molecule has 3 N–H and O–H groups in total. The van der Waals surface area contributed by atoms with Crippen molar-refractivity contribution in [3.8, 4) is 11.5 Å². The molecule has 1 aliphatic heterocycles. The first kappa shape index (κ1) is 21.2. The Hall–Kier alpha value is -3.02. The number of nitrogen functional groups attached to an aromatic ring is 1. The van der Waals surface area contributed by atoms with Gasteiger partial charge in [-0.1, -0.05) is 11.6 Å². The average Bonchev–Trinajstić information content (AvgIpc) is 3.16. The van der Waals surface area contributed by atoms with E-state index in [1.165, 1.54) is 18.2 Å². The van der Waals surface area contributed by atoms with E-state index >= 15 is 0 Å². The molecule has 3 heterocycles. The fourth-order valence-corrected chi connectivity index (χ4v) is 3.51. The summed E-state index contributed by atoms with van der Waals surface area (Å²) in [5.41, 5.74) is 6.72. The number of hydrogen-bond acceptors (Lipinski definition) is 5. The second-order valence-electron chi connectivity index (χ2n) is 7.09. The van der Waals surface area contributed by atoms with E-state index in [2.05, 4.69) is 20.4 Å². The van der Waals surface area contributed by atoms with Crippen molar-refractivity contribution in [2.24, 2.45) is 0 Å². The molecule has 0 aliphatic carbocycles. The van der Waals surface area contributed by atoms with Gasteiger partial charge in [0.1, 0.15) is 17.3 Å². The summed E-state index contributed by atoms with van der Waals surface area (Å²) in [4.78, 5) is 20.3. The predicted octanol–water partition coefficient (Wildman–Crippen LogP) is 4.37. The number of carbonyl (C=O) groups excluding carboxylic acids is 1. The van der Waals surface area contributed by atoms with E-state index in [0.29, 0.717) is 10.9 Å². The summed E-state index contributed by atoms with van der Waals surface area (Å²) >= 11 is 5.97. The summed E-state index contributed by atoms with van der Waals surface area (Å²) in [6.07, 6.45) is -7.19. The molecule has 1 unspecified atom stereocenters. The number of alkyl halides is 5. The molecule has 0 bridgehead atoms. The molecule has 3 aromatic rings. The van der Waals surface area contributed by atoms with Gasteiger partial charge in [0.2, 0.25) is 5.91 Å². The van der Waals surface area contributed by atoms with Crippen LogP contribution < -0.4 is 11.1 Å². The molecular formula is C18H14ClF5N6O. The van der Waals surface area contributed by atoms with Gasteiger partial charge in [0.15, 0.2) is 5.82 Å². The minimum Gasteiger partial charge on any atom is -0.383 e. The molecule has 0 fully saturated rings. The van der Waals surface area contributed by atoms with Gasteiger partial charge >= 0.3 is 12.1 Å². The van der Waals surface area contributed by atoms with Crippen molar-refractivity contribution in [1.29, 1.82) is 0 Å². The van der Waals surface area contributed by atoms with Crippen molar-refractivity contribution in [2.75, 3.05) is 11.1 Å². The molecule has 0 spiro atoms. The fraction of sp³-hybridized carbons (Fsp3) is 0.333. The number of nitrogens with one attached hydrogen (secondary N) is 1. The highest BCUT2D eigenvalue weighted by molar-refractivity contribution is 6.31. The Kier molecular flexibility index (Phi) is 4.80. The van der Waals surface area contributed by atoms with Crippen LogP contribution in [-0.2, 0) is 11.3 Å². The van der Waals surface area contributed by atoms with Gasteiger partial charge in [0, 0.05) is 28.9 Å². The van der Waals surface area contributed by atoms with Crippen molar-refractivity contribution < 1.29 is 26.7 Å². The molecule has 0 radical (unpaired) electrons. The van der Waals surface area contributed by atoms with E-state index < -0.39 is 31.0 Å². The van der Waals surface area contributed by atoms with Gasteiger partial charge < -0.3 is 11.1 Å². The summed E-state index contributed by atoms with van der Waals surface area (Å²) in [5.74, 6) is -5.55. The summed E-state index contributed by atoms with van der Waals surface area (Å²) in [6, 6.07) is 4.41. The zero-order chi connectivity index (χ0) is 22.7. The number of anilines is 2. The maximum atomic E-state index is 13.4. The number of aromatic nitrogens is 4. The zero-order valence-electron chi connectivity index (χ0n) is 15.8. The largest absolute Gasteiger partial charge is 0.453 e. The number of rotatable bonds is 4. The van der Waals surface area contributed by atoms with Crippen molar-refractivity contribution in [2.45, 2.75) is 37.9 Å². The lowest BCUT2D eigenvalue weighted by molar-refractivity contribution is -0.285. The lowest BCUT2D eigenvalue weighted by atomic mass is 10.1. The molecule has 13 heteroatoms. The molecule has 4 rings (SSSR count). The Labute approximate surface area is 176 Å². The maximum absolute atomic E-state index is 13.4. The number of hydrogen-bond donors (Lipinski definition) is 2. The number of aryl methyl sites for hydroxylation is 1. The highest BCUT2D eigenvalue weighted by atomic mass is 35.5. The first-order valence-electron chi connectivity index (χ1n) is 8.98. The maximum Gasteiger partial charge on any atom is 0.453 e. The number of nitrogens with zero attached hydrogens (tertiary/aromatic N) is 4. The minimum absolute atomic E-state index is 0.0145. The number of fused-ring (bicyclic) bond motifs is 2. The Morgan fingerprint density at radius 2 is 1.94 bits per heavy atom. The van der Waals surface area contributed by atoms with Crippen LogP contribution in [0.1, 0.15) is 24.8 Å². The standard InChI is InChI=1S/C18H14ClF5N6O/c1-7-11-13(25)26-15(27-14(11)28-16(7)31)12-9-3-2-8(19)6-10(9)30(29-12)5-4-17(20,21)18(22,23)24/h2-3,6-7H,4-5H2,1H3,(H3,25,26,27,28,31). The third kappa shape index (κ3) is 3.54. The van der Waals surface area contributed by atoms with Gasteiger partial charge in [0.05, 0.1) is 11.4 Å². The summed E-state index contributed by atoms with van der Waals surface area (Å²) in [6.45, 7) is 0.894. The van der Waals surface area contributed by atoms with Crippen LogP contribution in [-0.4, -0.2) is 37.8 Å². The average molecular weight is 461 g/mol. The summed E-state index contributed by atoms with van der Waals surface area (Å²) in [7, 11) is 0. The third-order valence-electron chi connectivity index (χ3n) is 5.02. The molecule has 1 aliphatic rings. The van der Waals surface area contributed by atoms with Crippen molar-refractivity contribution in [3.63, 3.8) is 0 Å². The number of amides is 1. The van der Waals surface area contributed by atoms with Crippen LogP contribution in [0.2, 0.25) is 5.02 Å². The lowest BCUT2D eigenvalue weighted by Gasteiger charge is -2.19. The molecule has 31 heavy (non-hydrogen) atoms. The number of nitrogens with two attached hydrogens (primary N) is 1. The second kappa shape index (κ2) is 7.01. The van der Waals surface area contributed by atoms with Gasteiger partial charge in [-0.05, 0) is 25.1 Å². The molecule has 7 nitrogen and oxygen atoms in total. The number of halogens is 6. The lowest BCUT2D eigenvalue weighted by Crippen LogP contribution is -2.37. The number of benzene rings is 1. The molecule has 1 amide bonds. The molecule has 1 aromatic carbocycles. The Bertz CT molecular complexity index is 1210. The van der Waals surface area contributed by atoms with Crippen LogP contribution in [0, 0.1) is 0 Å². The van der Waals surface area contributed by atoms with E-state index in [1.807, 2.05) is 0 Å². The van der Waals surface area contributed by atoms with Crippen molar-refractivity contribution in [1.82, 2.24) is 19.7 Å². The predicted molar refractivity (Wildman–Crippen MR) is 103 cm³/mol. The van der Waals surface area contributed by atoms with Crippen LogP contribution in [0.5, 0.6) is 0 Å². The van der Waals surface area contributed by atoms with Gasteiger partial charge in [0.25, 0.3) is 0 Å². The molecular weight excluding hydrogens is 447 g/mol. The van der Waals surface area contributed by atoms with E-state index in [0.717, 1.165) is 4.68 Å². The van der Waals surface area contributed by atoms with E-state index in [4.69, 9.17) is 17.3 Å². The normalized spacial score (nSPS) is 16.6. The monoisotopic (exact) mass is 460 g/mol. The Morgan fingerprint density at radius 1 is 1.23 bits per heavy atom. The van der Waals surface area contributed by atoms with Gasteiger partial charge in [-0.25, -0.2) is 9.97 Å². The number of carbonyl (C=O) groups is 1. The van der Waals surface area contributed by atoms with Crippen LogP contribution in [0.3, 0.4) is 0 Å². The summed E-state index contributed by atoms with van der Waals surface area (Å²) in [5, 5.41) is 7.33. The van der Waals surface area contributed by atoms with E-state index in [-0.39, 0.29) is 39.6 Å². The minimum atomic E-state index is -5.68. The van der Waals surface area contributed by atoms with Crippen LogP contribution in [0.25, 0.3) is 22.4 Å². The highest BCUT2D eigenvalue weighted by Gasteiger charge is 2.56. The first-order valence-corrected chi connectivity index (χ1v) is 9.36. The molecule has 164 valence electrons. The molecule has 0 saturated heterocycles. The van der Waals surface area contributed by atoms with Gasteiger partial charge in [-0.15, -0.1) is 0 Å². The van der Waals surface area contributed by atoms with Crippen LogP contribution in [0.15, 0.2) is 18.2 Å². The Balaban J connectivity index is 1.80. The van der Waals surface area contributed by atoms with E-state index in [1.54, 1.807) is 6.92 Å². The Morgan fingerprint density at radius 3 is 2.61 bits per heavy atom. The summed E-state index contributed by atoms with van der Waals surface area (Å²) < 4.78 is 65.5. The molecule has 0 saturated carbocycles. The van der Waals surface area contributed by atoms with Crippen molar-refractivity contribution >= 4 is 40.0 Å². The fourth-order valence-electron chi connectivity index (χ4n) is 3.34. The molecule has 2 aromatic heterocycles. The third-order valence-corrected chi connectivity index (χ3v) is 5.26.